The fourth-order valence-corrected chi connectivity index (χ4v) is 4.62. The van der Waals surface area contributed by atoms with Crippen molar-refractivity contribution in [1.29, 1.82) is 0 Å². The van der Waals surface area contributed by atoms with Crippen LogP contribution in [0.15, 0.2) is 24.8 Å². The Labute approximate surface area is 150 Å². The van der Waals surface area contributed by atoms with Gasteiger partial charge in [-0.2, -0.15) is 0 Å². The highest BCUT2D eigenvalue weighted by Gasteiger charge is 2.41. The lowest BCUT2D eigenvalue weighted by atomic mass is 9.93. The summed E-state index contributed by atoms with van der Waals surface area (Å²) < 4.78 is 4.52. The zero-order valence-electron chi connectivity index (χ0n) is 15.6. The van der Waals surface area contributed by atoms with Crippen LogP contribution in [0.2, 0.25) is 0 Å². The van der Waals surface area contributed by atoms with Gasteiger partial charge in [0, 0.05) is 69.6 Å². The van der Waals surface area contributed by atoms with E-state index in [0.29, 0.717) is 5.54 Å². The molecule has 6 nitrogen and oxygen atoms in total. The first kappa shape index (κ1) is 16.8. The molecule has 0 N–H and O–H groups in total. The molecular weight excluding hydrogens is 312 g/mol. The van der Waals surface area contributed by atoms with Crippen LogP contribution >= 0.6 is 0 Å². The molecule has 2 aromatic heterocycles. The maximum atomic E-state index is 4.65. The number of aryl methyl sites for hydroxylation is 1. The fraction of sp³-hybridized carbons (Fsp3) is 0.684. The first-order valence-electron chi connectivity index (χ1n) is 9.68. The molecule has 2 aliphatic rings. The van der Waals surface area contributed by atoms with Gasteiger partial charge in [-0.15, -0.1) is 0 Å². The maximum Gasteiger partial charge on any atom is 0.176 e. The van der Waals surface area contributed by atoms with E-state index < -0.39 is 0 Å². The predicted octanol–water partition coefficient (Wildman–Crippen LogP) is 2.33. The van der Waals surface area contributed by atoms with Crippen molar-refractivity contribution in [3.8, 4) is 11.6 Å². The Kier molecular flexibility index (Phi) is 4.65. The van der Waals surface area contributed by atoms with E-state index >= 15 is 0 Å². The number of aromatic nitrogens is 4. The lowest BCUT2D eigenvalue weighted by molar-refractivity contribution is 0.0314. The highest BCUT2D eigenvalue weighted by Crippen LogP contribution is 2.38. The van der Waals surface area contributed by atoms with Crippen molar-refractivity contribution in [2.75, 3.05) is 33.2 Å². The summed E-state index contributed by atoms with van der Waals surface area (Å²) in [5.74, 6) is 1.99. The minimum atomic E-state index is 0.292. The van der Waals surface area contributed by atoms with Crippen LogP contribution in [0.1, 0.15) is 32.6 Å². The van der Waals surface area contributed by atoms with E-state index in [2.05, 4.69) is 49.1 Å². The second-order valence-electron chi connectivity index (χ2n) is 7.64. The first-order chi connectivity index (χ1) is 12.2. The van der Waals surface area contributed by atoms with Crippen LogP contribution in [0.4, 0.5) is 0 Å². The number of imidazole rings is 2. The highest BCUT2D eigenvalue weighted by molar-refractivity contribution is 5.44. The molecular formula is C19H30N6. The smallest absolute Gasteiger partial charge is 0.176 e. The van der Waals surface area contributed by atoms with Gasteiger partial charge in [0.15, 0.2) is 11.6 Å². The van der Waals surface area contributed by atoms with Crippen LogP contribution in [0.3, 0.4) is 0 Å². The van der Waals surface area contributed by atoms with Gasteiger partial charge in [0.2, 0.25) is 0 Å². The topological polar surface area (TPSA) is 42.1 Å². The number of hydrogen-bond donors (Lipinski definition) is 0. The molecule has 2 aromatic rings. The van der Waals surface area contributed by atoms with E-state index in [-0.39, 0.29) is 0 Å². The quantitative estimate of drug-likeness (QED) is 0.836. The Hall–Kier alpha value is -1.66. The summed E-state index contributed by atoms with van der Waals surface area (Å²) in [5.41, 5.74) is 0.292. The van der Waals surface area contributed by atoms with Crippen LogP contribution in [-0.2, 0) is 13.1 Å². The third-order valence-electron chi connectivity index (χ3n) is 6.14. The van der Waals surface area contributed by atoms with Crippen molar-refractivity contribution < 1.29 is 0 Å². The Morgan fingerprint density at radius 3 is 2.16 bits per heavy atom. The molecule has 0 amide bonds. The molecule has 1 aliphatic heterocycles. The standard InChI is InChI=1S/C19H30N6/c1-3-23-10-8-20-17(23)18-21-9-11-24(18)16-19(6-4-5-7-19)25-14-12-22(2)13-15-25/h8-11H,3-7,12-16H2,1-2H3. The minimum absolute atomic E-state index is 0.292. The van der Waals surface area contributed by atoms with Gasteiger partial charge in [-0.1, -0.05) is 12.8 Å². The average molecular weight is 342 g/mol. The summed E-state index contributed by atoms with van der Waals surface area (Å²) in [7, 11) is 2.23. The van der Waals surface area contributed by atoms with Gasteiger partial charge in [0.1, 0.15) is 0 Å². The van der Waals surface area contributed by atoms with Crippen LogP contribution in [-0.4, -0.2) is 67.7 Å². The number of rotatable bonds is 5. The van der Waals surface area contributed by atoms with Crippen molar-refractivity contribution in [1.82, 2.24) is 28.9 Å². The Morgan fingerprint density at radius 2 is 1.52 bits per heavy atom. The van der Waals surface area contributed by atoms with Gasteiger partial charge in [-0.3, -0.25) is 4.90 Å². The molecule has 136 valence electrons. The summed E-state index contributed by atoms with van der Waals surface area (Å²) in [6, 6.07) is 0. The van der Waals surface area contributed by atoms with Gasteiger partial charge in [-0.25, -0.2) is 9.97 Å². The molecule has 1 saturated heterocycles. The van der Waals surface area contributed by atoms with E-state index in [4.69, 9.17) is 0 Å². The van der Waals surface area contributed by atoms with E-state index in [1.165, 1.54) is 51.9 Å². The molecule has 2 fully saturated rings. The van der Waals surface area contributed by atoms with Crippen LogP contribution in [0.25, 0.3) is 11.6 Å². The molecule has 1 aliphatic carbocycles. The van der Waals surface area contributed by atoms with E-state index in [1.807, 2.05) is 18.6 Å². The van der Waals surface area contributed by atoms with E-state index in [1.54, 1.807) is 0 Å². The van der Waals surface area contributed by atoms with Crippen LogP contribution in [0.5, 0.6) is 0 Å². The summed E-state index contributed by atoms with van der Waals surface area (Å²) in [5, 5.41) is 0. The number of piperazine rings is 1. The van der Waals surface area contributed by atoms with Crippen molar-refractivity contribution >= 4 is 0 Å². The zero-order valence-corrected chi connectivity index (χ0v) is 15.6. The molecule has 0 bridgehead atoms. The monoisotopic (exact) mass is 342 g/mol. The second kappa shape index (κ2) is 6.92. The van der Waals surface area contributed by atoms with Crippen LogP contribution in [0, 0.1) is 0 Å². The van der Waals surface area contributed by atoms with E-state index in [0.717, 1.165) is 24.7 Å². The molecule has 0 aromatic carbocycles. The molecule has 3 heterocycles. The Bertz CT molecular complexity index is 688. The van der Waals surface area contributed by atoms with Gasteiger partial charge in [0.25, 0.3) is 0 Å². The van der Waals surface area contributed by atoms with Crippen molar-refractivity contribution in [2.24, 2.45) is 0 Å². The zero-order chi connectivity index (χ0) is 17.3. The molecule has 0 radical (unpaired) electrons. The third-order valence-corrected chi connectivity index (χ3v) is 6.14. The lowest BCUT2D eigenvalue weighted by Crippen LogP contribution is -2.57. The average Bonchev–Trinajstić information content (AvgIpc) is 3.36. The molecule has 0 atom stereocenters. The summed E-state index contributed by atoms with van der Waals surface area (Å²) in [4.78, 5) is 14.4. The van der Waals surface area contributed by atoms with Crippen LogP contribution < -0.4 is 0 Å². The fourth-order valence-electron chi connectivity index (χ4n) is 4.62. The number of likely N-dealkylation sites (N-methyl/N-ethyl adjacent to an activating group) is 1. The number of nitrogens with zero attached hydrogens (tertiary/aromatic N) is 6. The van der Waals surface area contributed by atoms with Crippen molar-refractivity contribution in [2.45, 2.75) is 51.2 Å². The first-order valence-corrected chi connectivity index (χ1v) is 9.68. The molecule has 0 spiro atoms. The second-order valence-corrected chi connectivity index (χ2v) is 7.64. The van der Waals surface area contributed by atoms with Crippen molar-refractivity contribution in [3.05, 3.63) is 24.8 Å². The molecule has 4 rings (SSSR count). The number of hydrogen-bond acceptors (Lipinski definition) is 4. The lowest BCUT2D eigenvalue weighted by Gasteiger charge is -2.45. The summed E-state index contributed by atoms with van der Waals surface area (Å²) >= 11 is 0. The minimum Gasteiger partial charge on any atom is -0.329 e. The Morgan fingerprint density at radius 1 is 0.920 bits per heavy atom. The predicted molar refractivity (Wildman–Crippen MR) is 99.4 cm³/mol. The molecule has 6 heteroatoms. The molecule has 0 unspecified atom stereocenters. The summed E-state index contributed by atoms with van der Waals surface area (Å²) in [6.07, 6.45) is 13.3. The third kappa shape index (κ3) is 3.13. The van der Waals surface area contributed by atoms with Gasteiger partial charge >= 0.3 is 0 Å². The van der Waals surface area contributed by atoms with Gasteiger partial charge in [-0.05, 0) is 26.8 Å². The largest absolute Gasteiger partial charge is 0.329 e. The molecule has 25 heavy (non-hydrogen) atoms. The van der Waals surface area contributed by atoms with Gasteiger partial charge < -0.3 is 14.0 Å². The molecule has 1 saturated carbocycles. The summed E-state index contributed by atoms with van der Waals surface area (Å²) in [6.45, 7) is 8.83. The normalized spacial score (nSPS) is 21.8. The van der Waals surface area contributed by atoms with Gasteiger partial charge in [0.05, 0.1) is 0 Å². The van der Waals surface area contributed by atoms with E-state index in [9.17, 15) is 0 Å². The van der Waals surface area contributed by atoms with Crippen molar-refractivity contribution in [3.63, 3.8) is 0 Å². The highest BCUT2D eigenvalue weighted by atomic mass is 15.3. The maximum absolute atomic E-state index is 4.65. The SMILES string of the molecule is CCn1ccnc1-c1nccn1CC1(N2CCN(C)CC2)CCCC1. The Balaban J connectivity index is 1.61.